The lowest BCUT2D eigenvalue weighted by Crippen LogP contribution is -2.08. The van der Waals surface area contributed by atoms with Gasteiger partial charge in [-0.3, -0.25) is 4.98 Å². The Balaban J connectivity index is 2.37. The van der Waals surface area contributed by atoms with Crippen LogP contribution in [0, 0.1) is 11.6 Å². The van der Waals surface area contributed by atoms with Crippen LogP contribution in [0.2, 0.25) is 0 Å². The number of rotatable bonds is 3. The molecule has 19 heavy (non-hydrogen) atoms. The van der Waals surface area contributed by atoms with Crippen LogP contribution in [-0.4, -0.2) is 4.98 Å². The molecule has 0 aliphatic heterocycles. The molecule has 1 aromatic heterocycles. The maximum Gasteiger partial charge on any atom is 0.131 e. The maximum absolute atomic E-state index is 13.9. The van der Waals surface area contributed by atoms with Crippen molar-refractivity contribution in [3.05, 3.63) is 63.9 Å². The van der Waals surface area contributed by atoms with Crippen molar-refractivity contribution < 1.29 is 8.78 Å². The highest BCUT2D eigenvalue weighted by Crippen LogP contribution is 2.38. The van der Waals surface area contributed by atoms with E-state index in [0.717, 1.165) is 0 Å². The largest absolute Gasteiger partial charge is 0.261 e. The minimum absolute atomic E-state index is 0.122. The fourth-order valence-electron chi connectivity index (χ4n) is 1.86. The van der Waals surface area contributed by atoms with Gasteiger partial charge in [-0.1, -0.05) is 28.9 Å². The van der Waals surface area contributed by atoms with Crippen molar-refractivity contribution in [1.82, 2.24) is 4.98 Å². The summed E-state index contributed by atoms with van der Waals surface area (Å²) >= 11 is 9.26. The zero-order valence-electron chi connectivity index (χ0n) is 10.1. The fraction of sp³-hybridized carbons (Fsp3) is 0.214. The van der Waals surface area contributed by atoms with E-state index >= 15 is 0 Å². The third-order valence-electron chi connectivity index (χ3n) is 2.91. The molecule has 0 amide bonds. The first-order chi connectivity index (χ1) is 9.00. The van der Waals surface area contributed by atoms with E-state index in [1.807, 2.05) is 6.07 Å². The molecule has 2 unspecified atom stereocenters. The van der Waals surface area contributed by atoms with Gasteiger partial charge in [0.1, 0.15) is 11.6 Å². The van der Waals surface area contributed by atoms with E-state index in [1.165, 1.54) is 12.1 Å². The van der Waals surface area contributed by atoms with E-state index in [-0.39, 0.29) is 11.5 Å². The van der Waals surface area contributed by atoms with Gasteiger partial charge < -0.3 is 0 Å². The zero-order chi connectivity index (χ0) is 14.0. The number of nitrogens with zero attached hydrogens (tertiary/aromatic N) is 1. The minimum Gasteiger partial charge on any atom is -0.261 e. The average molecular weight is 347 g/mol. The Hall–Kier alpha value is -1.00. The lowest BCUT2D eigenvalue weighted by atomic mass is 9.96. The van der Waals surface area contributed by atoms with Gasteiger partial charge >= 0.3 is 0 Å². The molecule has 0 fully saturated rings. The summed E-state index contributed by atoms with van der Waals surface area (Å²) < 4.78 is 28.1. The highest BCUT2D eigenvalue weighted by atomic mass is 79.9. The smallest absolute Gasteiger partial charge is 0.131 e. The van der Waals surface area contributed by atoms with Crippen molar-refractivity contribution in [3.8, 4) is 0 Å². The molecule has 5 heteroatoms. The molecule has 1 nitrogen and oxygen atoms in total. The molecule has 0 aliphatic rings. The molecule has 1 aromatic carbocycles. The van der Waals surface area contributed by atoms with Crippen molar-refractivity contribution in [3.63, 3.8) is 0 Å². The summed E-state index contributed by atoms with van der Waals surface area (Å²) in [6.07, 6.45) is 1.63. The van der Waals surface area contributed by atoms with Gasteiger partial charge in [0.15, 0.2) is 0 Å². The van der Waals surface area contributed by atoms with E-state index < -0.39 is 17.0 Å². The molecule has 0 saturated carbocycles. The summed E-state index contributed by atoms with van der Waals surface area (Å²) in [6, 6.07) is 7.80. The molecule has 0 N–H and O–H groups in total. The number of pyridine rings is 1. The summed E-state index contributed by atoms with van der Waals surface area (Å²) in [4.78, 5) is 4.16. The van der Waals surface area contributed by atoms with Gasteiger partial charge in [-0.25, -0.2) is 8.78 Å². The van der Waals surface area contributed by atoms with Crippen molar-refractivity contribution in [2.45, 2.75) is 18.2 Å². The SMILES string of the molecule is CC(c1ccccn1)C(Cl)c1c(F)cc(Br)cc1F. The third kappa shape index (κ3) is 3.12. The number of benzene rings is 1. The van der Waals surface area contributed by atoms with Gasteiger partial charge in [-0.15, -0.1) is 11.6 Å². The standard InChI is InChI=1S/C14H11BrClF2N/c1-8(12-4-2-3-5-19-12)14(16)13-10(17)6-9(15)7-11(13)18/h2-8,14H,1H3. The predicted octanol–water partition coefficient (Wildman–Crippen LogP) is 5.21. The number of hydrogen-bond acceptors (Lipinski definition) is 1. The molecular formula is C14H11BrClF2N. The molecule has 100 valence electrons. The number of hydrogen-bond donors (Lipinski definition) is 0. The van der Waals surface area contributed by atoms with Crippen molar-refractivity contribution >= 4 is 27.5 Å². The van der Waals surface area contributed by atoms with Crippen LogP contribution in [0.3, 0.4) is 0 Å². The fourth-order valence-corrected chi connectivity index (χ4v) is 2.60. The molecule has 0 aliphatic carbocycles. The van der Waals surface area contributed by atoms with Gasteiger partial charge in [-0.05, 0) is 24.3 Å². The Labute approximate surface area is 123 Å². The Bertz CT molecular complexity index is 554. The van der Waals surface area contributed by atoms with Gasteiger partial charge in [0.25, 0.3) is 0 Å². The predicted molar refractivity (Wildman–Crippen MR) is 75.3 cm³/mol. The van der Waals surface area contributed by atoms with Crippen LogP contribution in [0.1, 0.15) is 29.5 Å². The van der Waals surface area contributed by atoms with Gasteiger partial charge in [-0.2, -0.15) is 0 Å². The summed E-state index contributed by atoms with van der Waals surface area (Å²) in [5.41, 5.74) is 0.576. The lowest BCUT2D eigenvalue weighted by Gasteiger charge is -2.19. The van der Waals surface area contributed by atoms with E-state index in [0.29, 0.717) is 10.2 Å². The lowest BCUT2D eigenvalue weighted by molar-refractivity contribution is 0.534. The Morgan fingerprint density at radius 1 is 1.21 bits per heavy atom. The van der Waals surface area contributed by atoms with Crippen LogP contribution in [-0.2, 0) is 0 Å². The van der Waals surface area contributed by atoms with Crippen molar-refractivity contribution in [1.29, 1.82) is 0 Å². The zero-order valence-corrected chi connectivity index (χ0v) is 12.4. The van der Waals surface area contributed by atoms with Crippen LogP contribution < -0.4 is 0 Å². The summed E-state index contributed by atoms with van der Waals surface area (Å²) in [5.74, 6) is -1.61. The average Bonchev–Trinajstić information content (AvgIpc) is 2.37. The van der Waals surface area contributed by atoms with Crippen molar-refractivity contribution in [2.24, 2.45) is 0 Å². The summed E-state index contributed by atoms with van der Waals surface area (Å²) in [7, 11) is 0. The second kappa shape index (κ2) is 5.97. The van der Waals surface area contributed by atoms with Crippen LogP contribution >= 0.6 is 27.5 Å². The molecule has 2 atom stereocenters. The van der Waals surface area contributed by atoms with Crippen LogP contribution in [0.4, 0.5) is 8.78 Å². The normalized spacial score (nSPS) is 14.2. The Morgan fingerprint density at radius 3 is 2.37 bits per heavy atom. The Kier molecular flexibility index (Phi) is 4.53. The quantitative estimate of drug-likeness (QED) is 0.696. The van der Waals surface area contributed by atoms with Crippen LogP contribution in [0.15, 0.2) is 41.0 Å². The molecule has 0 radical (unpaired) electrons. The highest BCUT2D eigenvalue weighted by molar-refractivity contribution is 9.10. The van der Waals surface area contributed by atoms with Crippen molar-refractivity contribution in [2.75, 3.05) is 0 Å². The number of alkyl halides is 1. The second-order valence-electron chi connectivity index (χ2n) is 4.23. The maximum atomic E-state index is 13.9. The highest BCUT2D eigenvalue weighted by Gasteiger charge is 2.25. The monoisotopic (exact) mass is 345 g/mol. The molecule has 0 spiro atoms. The Morgan fingerprint density at radius 2 is 1.84 bits per heavy atom. The minimum atomic E-state index is -0.817. The van der Waals surface area contributed by atoms with Gasteiger partial charge in [0, 0.05) is 27.8 Å². The van der Waals surface area contributed by atoms with E-state index in [9.17, 15) is 8.78 Å². The first-order valence-corrected chi connectivity index (χ1v) is 6.93. The number of halogens is 4. The summed E-state index contributed by atoms with van der Waals surface area (Å²) in [5, 5.41) is -0.817. The van der Waals surface area contributed by atoms with Gasteiger partial charge in [0.05, 0.1) is 5.38 Å². The van der Waals surface area contributed by atoms with Crippen LogP contribution in [0.5, 0.6) is 0 Å². The number of aromatic nitrogens is 1. The molecule has 0 saturated heterocycles. The van der Waals surface area contributed by atoms with E-state index in [4.69, 9.17) is 11.6 Å². The summed E-state index contributed by atoms with van der Waals surface area (Å²) in [6.45, 7) is 1.79. The van der Waals surface area contributed by atoms with E-state index in [1.54, 1.807) is 25.3 Å². The molecule has 2 rings (SSSR count). The first-order valence-electron chi connectivity index (χ1n) is 5.70. The topological polar surface area (TPSA) is 12.9 Å². The van der Waals surface area contributed by atoms with Gasteiger partial charge in [0.2, 0.25) is 0 Å². The van der Waals surface area contributed by atoms with E-state index in [2.05, 4.69) is 20.9 Å². The molecule has 1 heterocycles. The molecular weight excluding hydrogens is 336 g/mol. The van der Waals surface area contributed by atoms with Crippen LogP contribution in [0.25, 0.3) is 0 Å². The second-order valence-corrected chi connectivity index (χ2v) is 5.61. The molecule has 2 aromatic rings. The molecule has 0 bridgehead atoms. The third-order valence-corrected chi connectivity index (χ3v) is 3.97. The first kappa shape index (κ1) is 14.4.